The zero-order valence-electron chi connectivity index (χ0n) is 15.0. The topological polar surface area (TPSA) is 66.4 Å². The molecule has 0 aliphatic carbocycles. The molecule has 1 aliphatic rings. The SMILES string of the molecule is CCCCN(Cc1ccccc1)C(=O)C1CN(C(=O)c2cnccn2)C1. The lowest BCUT2D eigenvalue weighted by atomic mass is 9.97. The van der Waals surface area contributed by atoms with Gasteiger partial charge < -0.3 is 9.80 Å². The van der Waals surface area contributed by atoms with Gasteiger partial charge >= 0.3 is 0 Å². The van der Waals surface area contributed by atoms with Crippen LogP contribution in [0, 0.1) is 5.92 Å². The van der Waals surface area contributed by atoms with Crippen LogP contribution in [0.3, 0.4) is 0 Å². The van der Waals surface area contributed by atoms with E-state index < -0.39 is 0 Å². The van der Waals surface area contributed by atoms with Crippen LogP contribution in [-0.2, 0) is 11.3 Å². The number of likely N-dealkylation sites (tertiary alicyclic amines) is 1. The van der Waals surface area contributed by atoms with Gasteiger partial charge in [0.25, 0.3) is 5.91 Å². The second-order valence-corrected chi connectivity index (χ2v) is 6.60. The fourth-order valence-corrected chi connectivity index (χ4v) is 3.05. The Hall–Kier alpha value is -2.76. The second kappa shape index (κ2) is 8.56. The third-order valence-corrected chi connectivity index (χ3v) is 4.61. The minimum absolute atomic E-state index is 0.129. The average molecular weight is 352 g/mol. The molecule has 26 heavy (non-hydrogen) atoms. The number of amides is 2. The molecule has 2 aromatic rings. The van der Waals surface area contributed by atoms with E-state index in [4.69, 9.17) is 0 Å². The van der Waals surface area contributed by atoms with Gasteiger partial charge in [0.1, 0.15) is 5.69 Å². The van der Waals surface area contributed by atoms with Crippen molar-refractivity contribution in [2.24, 2.45) is 5.92 Å². The van der Waals surface area contributed by atoms with Crippen molar-refractivity contribution in [1.82, 2.24) is 19.8 Å². The number of carbonyl (C=O) groups is 2. The zero-order chi connectivity index (χ0) is 18.4. The molecule has 1 aromatic heterocycles. The minimum Gasteiger partial charge on any atom is -0.338 e. The molecule has 0 spiro atoms. The molecule has 0 bridgehead atoms. The lowest BCUT2D eigenvalue weighted by molar-refractivity contribution is -0.140. The summed E-state index contributed by atoms with van der Waals surface area (Å²) in [7, 11) is 0. The first-order valence-corrected chi connectivity index (χ1v) is 9.07. The van der Waals surface area contributed by atoms with Gasteiger partial charge in [-0.3, -0.25) is 14.6 Å². The van der Waals surface area contributed by atoms with E-state index >= 15 is 0 Å². The standard InChI is InChI=1S/C20H24N4O2/c1-2-3-11-23(13-16-7-5-4-6-8-16)19(25)17-14-24(15-17)20(26)18-12-21-9-10-22-18/h4-10,12,17H,2-3,11,13-15H2,1H3. The number of unbranched alkanes of at least 4 members (excludes halogenated alkanes) is 1. The summed E-state index contributed by atoms with van der Waals surface area (Å²) in [6.45, 7) is 4.39. The monoisotopic (exact) mass is 352 g/mol. The summed E-state index contributed by atoms with van der Waals surface area (Å²) in [5, 5.41) is 0. The number of carbonyl (C=O) groups excluding carboxylic acids is 2. The van der Waals surface area contributed by atoms with E-state index in [0.717, 1.165) is 24.9 Å². The molecule has 1 fully saturated rings. The molecule has 6 nitrogen and oxygen atoms in total. The Morgan fingerprint density at radius 3 is 2.62 bits per heavy atom. The van der Waals surface area contributed by atoms with E-state index in [1.807, 2.05) is 35.2 Å². The summed E-state index contributed by atoms with van der Waals surface area (Å²) in [6.07, 6.45) is 6.52. The highest BCUT2D eigenvalue weighted by atomic mass is 16.2. The van der Waals surface area contributed by atoms with Crippen molar-refractivity contribution in [1.29, 1.82) is 0 Å². The van der Waals surface area contributed by atoms with Crippen LogP contribution in [0.2, 0.25) is 0 Å². The van der Waals surface area contributed by atoms with E-state index in [-0.39, 0.29) is 17.7 Å². The van der Waals surface area contributed by atoms with Crippen LogP contribution < -0.4 is 0 Å². The van der Waals surface area contributed by atoms with Crippen LogP contribution >= 0.6 is 0 Å². The molecular weight excluding hydrogens is 328 g/mol. The largest absolute Gasteiger partial charge is 0.338 e. The fourth-order valence-electron chi connectivity index (χ4n) is 3.05. The van der Waals surface area contributed by atoms with Crippen molar-refractivity contribution in [2.75, 3.05) is 19.6 Å². The molecule has 6 heteroatoms. The van der Waals surface area contributed by atoms with Crippen molar-refractivity contribution in [3.8, 4) is 0 Å². The molecule has 0 radical (unpaired) electrons. The highest BCUT2D eigenvalue weighted by molar-refractivity contribution is 5.94. The van der Waals surface area contributed by atoms with E-state index in [9.17, 15) is 9.59 Å². The number of nitrogens with zero attached hydrogens (tertiary/aromatic N) is 4. The normalized spacial score (nSPS) is 14.0. The highest BCUT2D eigenvalue weighted by Crippen LogP contribution is 2.21. The molecule has 2 amide bonds. The van der Waals surface area contributed by atoms with Crippen molar-refractivity contribution < 1.29 is 9.59 Å². The Bertz CT molecular complexity index is 730. The molecule has 1 aliphatic heterocycles. The van der Waals surface area contributed by atoms with Crippen LogP contribution in [0.5, 0.6) is 0 Å². The maximum atomic E-state index is 12.9. The molecule has 0 unspecified atom stereocenters. The first kappa shape index (κ1) is 18.0. The summed E-state index contributed by atoms with van der Waals surface area (Å²) in [4.78, 5) is 36.8. The first-order valence-electron chi connectivity index (χ1n) is 9.07. The Kier molecular flexibility index (Phi) is 5.94. The van der Waals surface area contributed by atoms with Crippen LogP contribution in [-0.4, -0.2) is 51.2 Å². The molecule has 136 valence electrons. The third-order valence-electron chi connectivity index (χ3n) is 4.61. The van der Waals surface area contributed by atoms with Gasteiger partial charge in [-0.15, -0.1) is 0 Å². The number of benzene rings is 1. The van der Waals surface area contributed by atoms with Gasteiger partial charge in [0.2, 0.25) is 5.91 Å². The number of rotatable bonds is 7. The summed E-state index contributed by atoms with van der Waals surface area (Å²) < 4.78 is 0. The summed E-state index contributed by atoms with van der Waals surface area (Å²) >= 11 is 0. The predicted octanol–water partition coefficient (Wildman–Crippen LogP) is 2.38. The molecule has 3 rings (SSSR count). The van der Waals surface area contributed by atoms with Gasteiger partial charge in [-0.25, -0.2) is 4.98 Å². The minimum atomic E-state index is -0.162. The lowest BCUT2D eigenvalue weighted by Crippen LogP contribution is -2.56. The van der Waals surface area contributed by atoms with Gasteiger partial charge in [-0.05, 0) is 12.0 Å². The van der Waals surface area contributed by atoms with Crippen molar-refractivity contribution in [3.63, 3.8) is 0 Å². The molecular formula is C20H24N4O2. The van der Waals surface area contributed by atoms with Gasteiger partial charge in [-0.2, -0.15) is 0 Å². The predicted molar refractivity (Wildman–Crippen MR) is 98.2 cm³/mol. The summed E-state index contributed by atoms with van der Waals surface area (Å²) in [6, 6.07) is 10.0. The maximum Gasteiger partial charge on any atom is 0.274 e. The van der Waals surface area contributed by atoms with Gasteiger partial charge in [0.05, 0.1) is 12.1 Å². The molecule has 0 atom stereocenters. The van der Waals surface area contributed by atoms with Gasteiger partial charge in [0, 0.05) is 38.6 Å². The molecule has 1 aromatic carbocycles. The lowest BCUT2D eigenvalue weighted by Gasteiger charge is -2.40. The van der Waals surface area contributed by atoms with E-state index in [2.05, 4.69) is 16.9 Å². The molecule has 0 N–H and O–H groups in total. The van der Waals surface area contributed by atoms with Crippen molar-refractivity contribution in [3.05, 3.63) is 60.2 Å². The second-order valence-electron chi connectivity index (χ2n) is 6.60. The zero-order valence-corrected chi connectivity index (χ0v) is 15.0. The van der Waals surface area contributed by atoms with E-state index in [1.165, 1.54) is 18.6 Å². The average Bonchev–Trinajstić information content (AvgIpc) is 2.65. The van der Waals surface area contributed by atoms with E-state index in [0.29, 0.717) is 25.3 Å². The number of aromatic nitrogens is 2. The number of hydrogen-bond donors (Lipinski definition) is 0. The van der Waals surface area contributed by atoms with Crippen LogP contribution in [0.15, 0.2) is 48.9 Å². The molecule has 0 saturated carbocycles. The maximum absolute atomic E-state index is 12.9. The Labute approximate surface area is 153 Å². The van der Waals surface area contributed by atoms with Crippen molar-refractivity contribution in [2.45, 2.75) is 26.3 Å². The van der Waals surface area contributed by atoms with Crippen LogP contribution in [0.4, 0.5) is 0 Å². The van der Waals surface area contributed by atoms with Gasteiger partial charge in [0.15, 0.2) is 0 Å². The molecule has 2 heterocycles. The van der Waals surface area contributed by atoms with Crippen LogP contribution in [0.1, 0.15) is 35.8 Å². The Balaban J connectivity index is 1.59. The first-order chi connectivity index (χ1) is 12.7. The van der Waals surface area contributed by atoms with Crippen LogP contribution in [0.25, 0.3) is 0 Å². The fraction of sp³-hybridized carbons (Fsp3) is 0.400. The Morgan fingerprint density at radius 2 is 1.96 bits per heavy atom. The number of hydrogen-bond acceptors (Lipinski definition) is 4. The highest BCUT2D eigenvalue weighted by Gasteiger charge is 2.38. The summed E-state index contributed by atoms with van der Waals surface area (Å²) in [5.41, 5.74) is 1.45. The quantitative estimate of drug-likeness (QED) is 0.767. The smallest absolute Gasteiger partial charge is 0.274 e. The third kappa shape index (κ3) is 4.25. The molecule has 1 saturated heterocycles. The summed E-state index contributed by atoms with van der Waals surface area (Å²) in [5.74, 6) is -0.160. The Morgan fingerprint density at radius 1 is 1.19 bits per heavy atom. The van der Waals surface area contributed by atoms with Gasteiger partial charge in [-0.1, -0.05) is 43.7 Å². The van der Waals surface area contributed by atoms with Crippen molar-refractivity contribution >= 4 is 11.8 Å². The van der Waals surface area contributed by atoms with E-state index in [1.54, 1.807) is 4.90 Å².